The fourth-order valence-electron chi connectivity index (χ4n) is 7.37. The number of hydrogen-bond donors (Lipinski definition) is 1. The van der Waals surface area contributed by atoms with Gasteiger partial charge in [0.1, 0.15) is 17.9 Å². The molecule has 2 aromatic heterocycles. The number of terminal acetylenes is 1. The Morgan fingerprint density at radius 3 is 2.63 bits per heavy atom. The van der Waals surface area contributed by atoms with Crippen LogP contribution in [0.15, 0.2) is 47.4 Å². The van der Waals surface area contributed by atoms with Crippen LogP contribution in [0.4, 0.5) is 4.39 Å². The molecule has 2 aliphatic heterocycles. The average Bonchev–Trinajstić information content (AvgIpc) is 3.75. The van der Waals surface area contributed by atoms with Gasteiger partial charge in [0.2, 0.25) is 0 Å². The lowest BCUT2D eigenvalue weighted by atomic mass is 9.89. The normalized spacial score (nSPS) is 19.8. The summed E-state index contributed by atoms with van der Waals surface area (Å²) in [7, 11) is 2.09. The van der Waals surface area contributed by atoms with Crippen LogP contribution in [0.1, 0.15) is 72.9 Å². The summed E-state index contributed by atoms with van der Waals surface area (Å²) in [6.45, 7) is 5.00. The zero-order chi connectivity index (χ0) is 33.6. The molecule has 0 spiro atoms. The fourth-order valence-corrected chi connectivity index (χ4v) is 7.37. The number of ether oxygens (including phenoxy) is 3. The molecule has 1 saturated carbocycles. The van der Waals surface area contributed by atoms with Crippen LogP contribution in [-0.4, -0.2) is 58.0 Å². The molecule has 0 bridgehead atoms. The number of rotatable bonds is 9. The highest BCUT2D eigenvalue weighted by molar-refractivity contribution is 6.04. The molecule has 8 rings (SSSR count). The van der Waals surface area contributed by atoms with E-state index in [2.05, 4.69) is 22.9 Å². The summed E-state index contributed by atoms with van der Waals surface area (Å²) in [5.74, 6) is 3.27. The molecule has 2 atom stereocenters. The second-order valence-electron chi connectivity index (χ2n) is 13.8. The molecular formula is C39H40FN5O4. The van der Waals surface area contributed by atoms with Gasteiger partial charge in [0, 0.05) is 47.2 Å². The van der Waals surface area contributed by atoms with Crippen LogP contribution < -0.4 is 15.0 Å². The van der Waals surface area contributed by atoms with E-state index in [4.69, 9.17) is 30.7 Å². The van der Waals surface area contributed by atoms with Crippen molar-refractivity contribution in [3.8, 4) is 35.2 Å². The summed E-state index contributed by atoms with van der Waals surface area (Å²) in [6, 6.07) is 11.2. The van der Waals surface area contributed by atoms with Crippen molar-refractivity contribution >= 4 is 21.8 Å². The molecule has 49 heavy (non-hydrogen) atoms. The third-order valence-corrected chi connectivity index (χ3v) is 10.2. The predicted molar refractivity (Wildman–Crippen MR) is 186 cm³/mol. The number of halogens is 1. The molecule has 252 valence electrons. The number of aromatic nitrogens is 4. The Morgan fingerprint density at radius 1 is 1.08 bits per heavy atom. The fraction of sp³-hybridized carbons (Fsp3) is 0.410. The van der Waals surface area contributed by atoms with E-state index >= 15 is 4.39 Å². The van der Waals surface area contributed by atoms with E-state index in [1.54, 1.807) is 23.9 Å². The Balaban J connectivity index is 1.33. The summed E-state index contributed by atoms with van der Waals surface area (Å²) in [5.41, 5.74) is 5.25. The lowest BCUT2D eigenvalue weighted by molar-refractivity contribution is -0.0366. The summed E-state index contributed by atoms with van der Waals surface area (Å²) < 4.78 is 36.9. The SMILES string of the molecule is C#Cc1ccc(COc2c(-c3c(C)c(F)cc4c3cnn4C3CCCCO3)c(C3CC3)cc3c(=O)[nH]c(OC[C@H]4CCN(C)C4)nc23)cc1. The van der Waals surface area contributed by atoms with Crippen LogP contribution in [0.25, 0.3) is 32.9 Å². The van der Waals surface area contributed by atoms with Crippen LogP contribution in [0.5, 0.6) is 11.8 Å². The Labute approximate surface area is 284 Å². The van der Waals surface area contributed by atoms with E-state index < -0.39 is 0 Å². The summed E-state index contributed by atoms with van der Waals surface area (Å²) in [6.07, 6.45) is 12.9. The zero-order valence-electron chi connectivity index (χ0n) is 27.9. The molecule has 0 radical (unpaired) electrons. The van der Waals surface area contributed by atoms with E-state index in [1.165, 1.54) is 0 Å². The maximum atomic E-state index is 16.1. The second-order valence-corrected chi connectivity index (χ2v) is 13.8. The minimum absolute atomic E-state index is 0.142. The zero-order valence-corrected chi connectivity index (χ0v) is 27.9. The van der Waals surface area contributed by atoms with Gasteiger partial charge >= 0.3 is 0 Å². The van der Waals surface area contributed by atoms with Gasteiger partial charge in [-0.2, -0.15) is 10.1 Å². The molecule has 5 aromatic rings. The number of likely N-dealkylation sites (tertiary alicyclic amines) is 1. The van der Waals surface area contributed by atoms with Gasteiger partial charge in [-0.1, -0.05) is 18.1 Å². The number of hydrogen-bond acceptors (Lipinski definition) is 7. The number of nitrogens with zero attached hydrogens (tertiary/aromatic N) is 4. The first-order chi connectivity index (χ1) is 23.9. The third-order valence-electron chi connectivity index (χ3n) is 10.2. The molecule has 9 nitrogen and oxygen atoms in total. The number of H-pyrrole nitrogens is 1. The van der Waals surface area contributed by atoms with Crippen LogP contribution >= 0.6 is 0 Å². The first-order valence-corrected chi connectivity index (χ1v) is 17.3. The van der Waals surface area contributed by atoms with Crippen molar-refractivity contribution < 1.29 is 18.6 Å². The molecule has 3 aliphatic rings. The molecule has 10 heteroatoms. The number of aromatic amines is 1. The van der Waals surface area contributed by atoms with Crippen molar-refractivity contribution in [3.63, 3.8) is 0 Å². The van der Waals surface area contributed by atoms with Crippen LogP contribution in [-0.2, 0) is 11.3 Å². The summed E-state index contributed by atoms with van der Waals surface area (Å²) in [5, 5.41) is 5.95. The Hall–Kier alpha value is -4.72. The van der Waals surface area contributed by atoms with Gasteiger partial charge in [-0.25, -0.2) is 9.07 Å². The van der Waals surface area contributed by atoms with Gasteiger partial charge in [-0.05, 0) is 99.8 Å². The van der Waals surface area contributed by atoms with E-state index in [0.29, 0.717) is 52.4 Å². The monoisotopic (exact) mass is 661 g/mol. The standard InChI is InChI=1S/C39H40FN5O4/c1-4-24-8-10-25(11-9-24)21-48-37-35(34-23(2)31(40)18-32-30(34)19-41-45(32)33-7-5-6-16-47-33)28(27-12-13-27)17-29-36(37)42-39(43-38(29)46)49-22-26-14-15-44(3)20-26/h1,8-11,17-19,26-27,33H,5-7,12-16,20-22H2,2-3H3,(H,42,43,46)/t26-,33?/m0/s1. The third kappa shape index (κ3) is 6.06. The molecule has 3 aromatic carbocycles. The smallest absolute Gasteiger partial charge is 0.297 e. The maximum absolute atomic E-state index is 16.1. The maximum Gasteiger partial charge on any atom is 0.297 e. The minimum atomic E-state index is -0.345. The van der Waals surface area contributed by atoms with Gasteiger partial charge in [0.05, 0.1) is 23.7 Å². The van der Waals surface area contributed by atoms with E-state index in [0.717, 1.165) is 79.3 Å². The van der Waals surface area contributed by atoms with E-state index in [-0.39, 0.29) is 36.1 Å². The Bertz CT molecular complexity index is 2140. The van der Waals surface area contributed by atoms with Gasteiger partial charge in [0.25, 0.3) is 11.6 Å². The van der Waals surface area contributed by atoms with Crippen molar-refractivity contribution in [3.05, 3.63) is 81.0 Å². The highest BCUT2D eigenvalue weighted by Crippen LogP contribution is 2.52. The van der Waals surface area contributed by atoms with Crippen molar-refractivity contribution in [2.75, 3.05) is 33.4 Å². The molecular weight excluding hydrogens is 621 g/mol. The minimum Gasteiger partial charge on any atom is -0.486 e. The molecule has 1 aliphatic carbocycles. The largest absolute Gasteiger partial charge is 0.486 e. The molecule has 1 unspecified atom stereocenters. The summed E-state index contributed by atoms with van der Waals surface area (Å²) >= 11 is 0. The molecule has 3 fully saturated rings. The molecule has 0 amide bonds. The molecule has 2 saturated heterocycles. The van der Waals surface area contributed by atoms with Gasteiger partial charge in [0.15, 0.2) is 12.0 Å². The van der Waals surface area contributed by atoms with E-state index in [9.17, 15) is 4.79 Å². The topological polar surface area (TPSA) is 94.5 Å². The number of benzene rings is 3. The van der Waals surface area contributed by atoms with Gasteiger partial charge in [-0.15, -0.1) is 6.42 Å². The molecule has 1 N–H and O–H groups in total. The van der Waals surface area contributed by atoms with Gasteiger partial charge < -0.3 is 19.1 Å². The van der Waals surface area contributed by atoms with Crippen LogP contribution in [0, 0.1) is 31.0 Å². The van der Waals surface area contributed by atoms with E-state index in [1.807, 2.05) is 30.3 Å². The Kier molecular flexibility index (Phi) is 8.34. The predicted octanol–water partition coefficient (Wildman–Crippen LogP) is 6.85. The average molecular weight is 662 g/mol. The lowest BCUT2D eigenvalue weighted by Gasteiger charge is -2.24. The molecule has 4 heterocycles. The van der Waals surface area contributed by atoms with Gasteiger partial charge in [-0.3, -0.25) is 9.78 Å². The summed E-state index contributed by atoms with van der Waals surface area (Å²) in [4.78, 5) is 23.8. The Morgan fingerprint density at radius 2 is 1.92 bits per heavy atom. The first-order valence-electron chi connectivity index (χ1n) is 17.3. The second kappa shape index (κ2) is 13.0. The highest BCUT2D eigenvalue weighted by Gasteiger charge is 2.34. The number of fused-ring (bicyclic) bond motifs is 2. The van der Waals surface area contributed by atoms with Crippen molar-refractivity contribution in [1.82, 2.24) is 24.6 Å². The van der Waals surface area contributed by atoms with Crippen LogP contribution in [0.2, 0.25) is 0 Å². The van der Waals surface area contributed by atoms with Crippen molar-refractivity contribution in [2.24, 2.45) is 5.92 Å². The first kappa shape index (κ1) is 31.5. The van der Waals surface area contributed by atoms with Crippen LogP contribution in [0.3, 0.4) is 0 Å². The highest BCUT2D eigenvalue weighted by atomic mass is 19.1. The quantitative estimate of drug-likeness (QED) is 0.173. The van der Waals surface area contributed by atoms with Crippen molar-refractivity contribution in [1.29, 1.82) is 0 Å². The lowest BCUT2D eigenvalue weighted by Crippen LogP contribution is -2.20. The van der Waals surface area contributed by atoms with Crippen molar-refractivity contribution in [2.45, 2.75) is 64.2 Å². The number of nitrogens with one attached hydrogen (secondary N) is 1.